The van der Waals surface area contributed by atoms with Crippen LogP contribution < -0.4 is 20.9 Å². The van der Waals surface area contributed by atoms with Crippen molar-refractivity contribution in [2.24, 2.45) is 0 Å². The molecule has 0 radical (unpaired) electrons. The van der Waals surface area contributed by atoms with E-state index in [-0.39, 0.29) is 44.1 Å². The maximum atomic E-state index is 13.4. The maximum absolute atomic E-state index is 13.4. The van der Waals surface area contributed by atoms with Crippen LogP contribution in [0.5, 0.6) is 11.5 Å². The lowest BCUT2D eigenvalue weighted by molar-refractivity contribution is -0.0966. The third kappa shape index (κ3) is 9.65. The monoisotopic (exact) mass is 785 g/mol. The van der Waals surface area contributed by atoms with Crippen molar-refractivity contribution >= 4 is 14.3 Å². The lowest BCUT2D eigenvalue weighted by Crippen LogP contribution is -2.43. The zero-order valence-corrected chi connectivity index (χ0v) is 33.7. The van der Waals surface area contributed by atoms with Crippen LogP contribution >= 0.6 is 8.53 Å². The summed E-state index contributed by atoms with van der Waals surface area (Å²) in [6, 6.07) is 29.1. The molecule has 1 saturated heterocycles. The first-order chi connectivity index (χ1) is 27.1. The summed E-state index contributed by atoms with van der Waals surface area (Å²) in [4.78, 5) is 17.4. The fraction of sp³-hybridized carbons (Fsp3) is 0.405. The third-order valence-electron chi connectivity index (χ3n) is 9.33. The molecule has 0 aliphatic carbocycles. The molecule has 5 rings (SSSR count). The molecule has 1 fully saturated rings. The van der Waals surface area contributed by atoms with E-state index in [1.807, 2.05) is 78.9 Å². The molecule has 3 aromatic carbocycles. The van der Waals surface area contributed by atoms with E-state index < -0.39 is 44.4 Å². The SMILES string of the molecule is C=CCO[C@@H]1[C@H](OP(OCCC#N)N(C(C)C)C(C)C)[C@@H](COC(c2ccccc2)(c2ccc(OC)cc2)c2ccc(OC)cc2)O[C@H]1n1ccc(N)nc1=O. The number of rotatable bonds is 20. The van der Waals surface area contributed by atoms with E-state index in [0.717, 1.165) is 16.7 Å². The second-order valence-electron chi connectivity index (χ2n) is 13.6. The van der Waals surface area contributed by atoms with Gasteiger partial charge in [0, 0.05) is 18.3 Å². The number of hydrogen-bond acceptors (Lipinski definition) is 12. The number of nitrogens with two attached hydrogens (primary N) is 1. The van der Waals surface area contributed by atoms with Gasteiger partial charge in [0.25, 0.3) is 8.53 Å². The first-order valence-electron chi connectivity index (χ1n) is 18.5. The summed E-state index contributed by atoms with van der Waals surface area (Å²) >= 11 is 0. The van der Waals surface area contributed by atoms with E-state index >= 15 is 0 Å². The van der Waals surface area contributed by atoms with Crippen LogP contribution in [-0.2, 0) is 28.9 Å². The summed E-state index contributed by atoms with van der Waals surface area (Å²) in [7, 11) is 1.46. The van der Waals surface area contributed by atoms with E-state index in [9.17, 15) is 10.1 Å². The molecule has 4 aromatic rings. The number of anilines is 1. The molecule has 5 atom stereocenters. The largest absolute Gasteiger partial charge is 0.497 e. The number of ether oxygens (including phenoxy) is 5. The van der Waals surface area contributed by atoms with Gasteiger partial charge in [-0.2, -0.15) is 10.2 Å². The Morgan fingerprint density at radius 1 is 0.946 bits per heavy atom. The summed E-state index contributed by atoms with van der Waals surface area (Å²) in [5.74, 6) is 1.46. The van der Waals surface area contributed by atoms with E-state index in [2.05, 4.69) is 50.0 Å². The highest BCUT2D eigenvalue weighted by molar-refractivity contribution is 7.44. The van der Waals surface area contributed by atoms with Gasteiger partial charge in [-0.3, -0.25) is 4.57 Å². The van der Waals surface area contributed by atoms with Crippen molar-refractivity contribution in [3.8, 4) is 17.6 Å². The molecule has 0 amide bonds. The molecule has 0 bridgehead atoms. The summed E-state index contributed by atoms with van der Waals surface area (Å²) in [5.41, 5.74) is 6.61. The molecule has 2 N–H and O–H groups in total. The van der Waals surface area contributed by atoms with Crippen molar-refractivity contribution in [2.45, 2.75) is 76.3 Å². The Kier molecular flexibility index (Phi) is 15.2. The van der Waals surface area contributed by atoms with Crippen molar-refractivity contribution in [3.63, 3.8) is 0 Å². The topological polar surface area (TPSA) is 153 Å². The van der Waals surface area contributed by atoms with Gasteiger partial charge in [0.1, 0.15) is 41.2 Å². The summed E-state index contributed by atoms with van der Waals surface area (Å²) in [5, 5.41) is 9.39. The second kappa shape index (κ2) is 20.0. The molecule has 0 saturated carbocycles. The molecule has 13 nitrogen and oxygen atoms in total. The van der Waals surface area contributed by atoms with Gasteiger partial charge in [0.05, 0.1) is 46.5 Å². The van der Waals surface area contributed by atoms with Crippen molar-refractivity contribution in [1.82, 2.24) is 14.2 Å². The Morgan fingerprint density at radius 3 is 2.05 bits per heavy atom. The van der Waals surface area contributed by atoms with Gasteiger partial charge in [-0.25, -0.2) is 9.46 Å². The molecule has 298 valence electrons. The van der Waals surface area contributed by atoms with Crippen molar-refractivity contribution in [1.29, 1.82) is 5.26 Å². The molecule has 2 heterocycles. The molecule has 1 aliphatic heterocycles. The second-order valence-corrected chi connectivity index (χ2v) is 15.0. The highest BCUT2D eigenvalue weighted by Crippen LogP contribution is 2.51. The average Bonchev–Trinajstić information content (AvgIpc) is 3.53. The van der Waals surface area contributed by atoms with Crippen LogP contribution in [-0.4, -0.2) is 78.7 Å². The molecule has 1 aliphatic rings. The van der Waals surface area contributed by atoms with Crippen LogP contribution in [0.25, 0.3) is 0 Å². The lowest BCUT2D eigenvalue weighted by atomic mass is 9.80. The Balaban J connectivity index is 1.67. The average molecular weight is 786 g/mol. The molecule has 0 spiro atoms. The Labute approximate surface area is 330 Å². The van der Waals surface area contributed by atoms with Crippen LogP contribution in [0.1, 0.15) is 57.0 Å². The summed E-state index contributed by atoms with van der Waals surface area (Å²) in [6.45, 7) is 12.4. The summed E-state index contributed by atoms with van der Waals surface area (Å²) in [6.07, 6.45) is -0.203. The minimum atomic E-state index is -1.79. The van der Waals surface area contributed by atoms with Crippen LogP contribution in [0, 0.1) is 11.3 Å². The molecule has 1 aromatic heterocycles. The van der Waals surface area contributed by atoms with Crippen molar-refractivity contribution in [3.05, 3.63) is 131 Å². The number of aromatic nitrogens is 2. The fourth-order valence-corrected chi connectivity index (χ4v) is 8.62. The number of nitrogen functional groups attached to an aromatic ring is 1. The van der Waals surface area contributed by atoms with Gasteiger partial charge in [-0.1, -0.05) is 60.7 Å². The van der Waals surface area contributed by atoms with Crippen LogP contribution in [0.4, 0.5) is 5.82 Å². The van der Waals surface area contributed by atoms with Crippen molar-refractivity contribution in [2.75, 3.05) is 39.8 Å². The van der Waals surface area contributed by atoms with Gasteiger partial charge in [-0.15, -0.1) is 6.58 Å². The fourth-order valence-electron chi connectivity index (χ4n) is 6.85. The lowest BCUT2D eigenvalue weighted by Gasteiger charge is -2.39. The number of hydrogen-bond donors (Lipinski definition) is 1. The predicted molar refractivity (Wildman–Crippen MR) is 215 cm³/mol. The standard InChI is InChI=1S/C42H52N5O8P/c1-8-26-51-39-38(55-56(53-27-12-24-43)47(29(2)3)30(4)5)36(54-40(39)46-25-23-37(44)45-41(46)48)28-52-42(31-13-10-9-11-14-31,32-15-19-34(49-6)20-16-32)33-17-21-35(50-7)22-18-33/h8-11,13-23,25,29-30,36,38-40H,1,12,26-28H2,2-7H3,(H2,44,45,48)/t36-,38-,39-,40-,56?/m1/s1. The molecular weight excluding hydrogens is 733 g/mol. The van der Waals surface area contributed by atoms with E-state index in [4.69, 9.17) is 38.5 Å². The Hall–Kier alpha value is -4.64. The smallest absolute Gasteiger partial charge is 0.351 e. The van der Waals surface area contributed by atoms with E-state index in [1.54, 1.807) is 20.3 Å². The van der Waals surface area contributed by atoms with E-state index in [0.29, 0.717) is 11.5 Å². The number of nitriles is 1. The predicted octanol–water partition coefficient (Wildman–Crippen LogP) is 6.98. The van der Waals surface area contributed by atoms with Gasteiger partial charge in [-0.05, 0) is 74.7 Å². The van der Waals surface area contributed by atoms with Gasteiger partial charge < -0.3 is 38.5 Å². The Morgan fingerprint density at radius 2 is 1.54 bits per heavy atom. The first kappa shape index (κ1) is 42.5. The Bertz CT molecular complexity index is 1880. The van der Waals surface area contributed by atoms with Crippen LogP contribution in [0.3, 0.4) is 0 Å². The number of nitrogens with zero attached hydrogens (tertiary/aromatic N) is 4. The zero-order chi connectivity index (χ0) is 40.2. The van der Waals surface area contributed by atoms with Gasteiger partial charge in [0.2, 0.25) is 0 Å². The highest BCUT2D eigenvalue weighted by atomic mass is 31.2. The highest BCUT2D eigenvalue weighted by Gasteiger charge is 2.51. The third-order valence-corrected chi connectivity index (χ3v) is 11.5. The minimum absolute atomic E-state index is 0.0170. The normalized spacial score (nSPS) is 18.9. The van der Waals surface area contributed by atoms with Gasteiger partial charge >= 0.3 is 5.69 Å². The van der Waals surface area contributed by atoms with Crippen molar-refractivity contribution < 1.29 is 32.7 Å². The van der Waals surface area contributed by atoms with E-state index in [1.165, 1.54) is 16.8 Å². The maximum Gasteiger partial charge on any atom is 0.351 e. The van der Waals surface area contributed by atoms with Gasteiger partial charge in [0.15, 0.2) is 6.23 Å². The first-order valence-corrected chi connectivity index (χ1v) is 19.7. The van der Waals surface area contributed by atoms with Crippen LogP contribution in [0.2, 0.25) is 0 Å². The number of benzene rings is 3. The molecule has 56 heavy (non-hydrogen) atoms. The summed E-state index contributed by atoms with van der Waals surface area (Å²) < 4.78 is 48.5. The quantitative estimate of drug-likeness (QED) is 0.0426. The molecule has 14 heteroatoms. The zero-order valence-electron chi connectivity index (χ0n) is 32.8. The molecule has 1 unspecified atom stereocenters. The molecular formula is C42H52N5O8P. The minimum Gasteiger partial charge on any atom is -0.497 e. The number of methoxy groups -OCH3 is 2. The van der Waals surface area contributed by atoms with Crippen LogP contribution in [0.15, 0.2) is 109 Å².